The summed E-state index contributed by atoms with van der Waals surface area (Å²) in [6.07, 6.45) is 4.85. The number of thiazole rings is 1. The fourth-order valence-electron chi connectivity index (χ4n) is 6.23. The standard InChI is InChI=1S/C35H38ClN5O2S/c1-6-22-9-14-27(39(4)5)16-31(22)41-32(15-21(2)3)28(34(42)40-18-25-12-13-26(19-40)37-25)17-29(35(41)43)33-38-30(20-44-33)23-7-10-24(36)11-8-23/h7-11,14-17,20,25-26,37H,6,12-13,18-19H2,1-5H3. The van der Waals surface area contributed by atoms with Gasteiger partial charge in [0.15, 0.2) is 0 Å². The Balaban J connectivity index is 1.61. The van der Waals surface area contributed by atoms with Crippen LogP contribution in [0.2, 0.25) is 5.02 Å². The first-order chi connectivity index (χ1) is 21.1. The van der Waals surface area contributed by atoms with Gasteiger partial charge >= 0.3 is 0 Å². The fourth-order valence-corrected chi connectivity index (χ4v) is 7.19. The number of hydrogen-bond acceptors (Lipinski definition) is 6. The Hall–Kier alpha value is -3.72. The average Bonchev–Trinajstić information content (AvgIpc) is 3.62. The van der Waals surface area contributed by atoms with Gasteiger partial charge in [0.2, 0.25) is 0 Å². The van der Waals surface area contributed by atoms with Gasteiger partial charge in [-0.05, 0) is 75.1 Å². The van der Waals surface area contributed by atoms with Crippen LogP contribution in [0, 0.1) is 0 Å². The molecule has 0 aliphatic carbocycles. The number of carbonyl (C=O) groups excluding carboxylic acids is 1. The zero-order valence-electron chi connectivity index (χ0n) is 25.9. The molecule has 228 valence electrons. The highest BCUT2D eigenvalue weighted by atomic mass is 35.5. The van der Waals surface area contributed by atoms with Crippen molar-refractivity contribution in [1.82, 2.24) is 19.8 Å². The number of nitrogens with one attached hydrogen (secondary N) is 1. The molecule has 2 saturated heterocycles. The molecule has 4 heterocycles. The number of amides is 1. The number of nitrogens with zero attached hydrogens (tertiary/aromatic N) is 4. The maximum atomic E-state index is 14.7. The molecule has 2 aliphatic heterocycles. The highest BCUT2D eigenvalue weighted by Crippen LogP contribution is 2.33. The van der Waals surface area contributed by atoms with Crippen LogP contribution in [0.4, 0.5) is 5.69 Å². The number of aromatic nitrogens is 2. The first-order valence-electron chi connectivity index (χ1n) is 15.2. The Kier molecular flexibility index (Phi) is 8.51. The van der Waals surface area contributed by atoms with E-state index >= 15 is 0 Å². The van der Waals surface area contributed by atoms with Crippen molar-refractivity contribution >= 4 is 40.6 Å². The molecule has 2 unspecified atom stereocenters. The molecule has 6 rings (SSSR count). The van der Waals surface area contributed by atoms with E-state index in [1.54, 1.807) is 10.6 Å². The summed E-state index contributed by atoms with van der Waals surface area (Å²) in [6.45, 7) is 7.40. The van der Waals surface area contributed by atoms with Crippen molar-refractivity contribution in [2.75, 3.05) is 32.1 Å². The summed E-state index contributed by atoms with van der Waals surface area (Å²) >= 11 is 7.53. The minimum absolute atomic E-state index is 0.0535. The third-order valence-electron chi connectivity index (χ3n) is 8.48. The molecule has 2 fully saturated rings. The molecule has 0 spiro atoms. The molecule has 2 atom stereocenters. The minimum atomic E-state index is -0.197. The first kappa shape index (κ1) is 30.3. The molecule has 2 aliphatic rings. The second-order valence-corrected chi connectivity index (χ2v) is 13.5. The van der Waals surface area contributed by atoms with Gasteiger partial charge < -0.3 is 15.1 Å². The summed E-state index contributed by atoms with van der Waals surface area (Å²) in [5.74, 6) is -0.0535. The van der Waals surface area contributed by atoms with E-state index in [0.717, 1.165) is 53.0 Å². The summed E-state index contributed by atoms with van der Waals surface area (Å²) < 4.78 is 1.75. The van der Waals surface area contributed by atoms with Crippen molar-refractivity contribution in [3.05, 3.63) is 91.7 Å². The number of fused-ring (bicyclic) bond motifs is 2. The summed E-state index contributed by atoms with van der Waals surface area (Å²) in [5.41, 5.74) is 6.80. The molecular weight excluding hydrogens is 590 g/mol. The van der Waals surface area contributed by atoms with Crippen LogP contribution < -0.4 is 15.8 Å². The maximum Gasteiger partial charge on any atom is 0.265 e. The first-order valence-corrected chi connectivity index (χ1v) is 16.4. The fraction of sp³-hybridized carbons (Fsp3) is 0.343. The SMILES string of the molecule is CCc1ccc(N(C)C)cc1-n1c(C=C(C)C)c(C(=O)N2CC3CCC(C2)N3)cc(-c2nc(-c3ccc(Cl)cc3)cs2)c1=O. The third-order valence-corrected chi connectivity index (χ3v) is 9.61. The second-order valence-electron chi connectivity index (χ2n) is 12.2. The van der Waals surface area contributed by atoms with Crippen molar-refractivity contribution in [1.29, 1.82) is 0 Å². The number of pyridine rings is 1. The van der Waals surface area contributed by atoms with Gasteiger partial charge in [-0.3, -0.25) is 14.2 Å². The minimum Gasteiger partial charge on any atom is -0.378 e. The molecule has 9 heteroatoms. The number of halogens is 1. The average molecular weight is 628 g/mol. The predicted octanol–water partition coefficient (Wildman–Crippen LogP) is 6.91. The van der Waals surface area contributed by atoms with Crippen LogP contribution in [0.1, 0.15) is 55.2 Å². The molecule has 0 saturated carbocycles. The normalized spacial score (nSPS) is 17.5. The Morgan fingerprint density at radius 2 is 1.80 bits per heavy atom. The number of anilines is 1. The summed E-state index contributed by atoms with van der Waals surface area (Å²) in [7, 11) is 3.98. The van der Waals surface area contributed by atoms with Gasteiger partial charge in [0.05, 0.1) is 28.2 Å². The van der Waals surface area contributed by atoms with Crippen LogP contribution in [-0.2, 0) is 6.42 Å². The Bertz CT molecular complexity index is 1790. The van der Waals surface area contributed by atoms with Gasteiger partial charge in [0.25, 0.3) is 11.5 Å². The third kappa shape index (κ3) is 5.86. The van der Waals surface area contributed by atoms with E-state index in [1.807, 2.05) is 79.5 Å². The van der Waals surface area contributed by atoms with Crippen LogP contribution in [0.3, 0.4) is 0 Å². The van der Waals surface area contributed by atoms with E-state index in [2.05, 4.69) is 24.4 Å². The summed E-state index contributed by atoms with van der Waals surface area (Å²) in [4.78, 5) is 38.1. The maximum absolute atomic E-state index is 14.7. The van der Waals surface area contributed by atoms with E-state index in [0.29, 0.717) is 52.0 Å². The topological polar surface area (TPSA) is 70.5 Å². The number of aryl methyl sites for hydroxylation is 1. The molecule has 2 aromatic carbocycles. The predicted molar refractivity (Wildman–Crippen MR) is 182 cm³/mol. The van der Waals surface area contributed by atoms with Gasteiger partial charge in [-0.1, -0.05) is 42.3 Å². The van der Waals surface area contributed by atoms with Gasteiger partial charge in [-0.2, -0.15) is 0 Å². The Morgan fingerprint density at radius 1 is 1.09 bits per heavy atom. The lowest BCUT2D eigenvalue weighted by atomic mass is 10.0. The monoisotopic (exact) mass is 627 g/mol. The van der Waals surface area contributed by atoms with Crippen LogP contribution in [0.15, 0.2) is 64.3 Å². The van der Waals surface area contributed by atoms with Crippen molar-refractivity contribution in [3.8, 4) is 27.5 Å². The number of hydrogen-bond donors (Lipinski definition) is 1. The molecular formula is C35H38ClN5O2S. The van der Waals surface area contributed by atoms with Gasteiger partial charge in [-0.25, -0.2) is 4.98 Å². The molecule has 2 aromatic heterocycles. The number of carbonyl (C=O) groups is 1. The second kappa shape index (κ2) is 12.3. The van der Waals surface area contributed by atoms with E-state index in [9.17, 15) is 9.59 Å². The van der Waals surface area contributed by atoms with E-state index < -0.39 is 0 Å². The molecule has 7 nitrogen and oxygen atoms in total. The zero-order valence-corrected chi connectivity index (χ0v) is 27.4. The molecule has 1 N–H and O–H groups in total. The van der Waals surface area contributed by atoms with Gasteiger partial charge in [0.1, 0.15) is 5.01 Å². The number of likely N-dealkylation sites (tertiary alicyclic amines) is 1. The summed E-state index contributed by atoms with van der Waals surface area (Å²) in [6, 6.07) is 16.1. The van der Waals surface area contributed by atoms with Gasteiger partial charge in [-0.15, -0.1) is 11.3 Å². The van der Waals surface area contributed by atoms with Crippen LogP contribution in [0.25, 0.3) is 33.6 Å². The quantitative estimate of drug-likeness (QED) is 0.241. The van der Waals surface area contributed by atoms with E-state index in [-0.39, 0.29) is 11.5 Å². The molecule has 0 radical (unpaired) electrons. The van der Waals surface area contributed by atoms with Crippen LogP contribution in [-0.4, -0.2) is 59.6 Å². The van der Waals surface area contributed by atoms with E-state index in [4.69, 9.17) is 16.6 Å². The van der Waals surface area contributed by atoms with Crippen LogP contribution >= 0.6 is 22.9 Å². The highest BCUT2D eigenvalue weighted by Gasteiger charge is 2.36. The van der Waals surface area contributed by atoms with Crippen molar-refractivity contribution in [2.45, 2.75) is 52.1 Å². The smallest absolute Gasteiger partial charge is 0.265 e. The van der Waals surface area contributed by atoms with Crippen LogP contribution in [0.5, 0.6) is 0 Å². The molecule has 2 bridgehead atoms. The number of benzene rings is 2. The number of piperazine rings is 1. The lowest BCUT2D eigenvalue weighted by Gasteiger charge is -2.33. The van der Waals surface area contributed by atoms with E-state index in [1.165, 1.54) is 11.3 Å². The lowest BCUT2D eigenvalue weighted by Crippen LogP contribution is -2.53. The summed E-state index contributed by atoms with van der Waals surface area (Å²) in [5, 5.41) is 6.81. The highest BCUT2D eigenvalue weighted by molar-refractivity contribution is 7.13. The zero-order chi connectivity index (χ0) is 31.1. The Labute approximate surface area is 267 Å². The van der Waals surface area contributed by atoms with Crippen molar-refractivity contribution in [3.63, 3.8) is 0 Å². The van der Waals surface area contributed by atoms with Crippen molar-refractivity contribution in [2.24, 2.45) is 0 Å². The van der Waals surface area contributed by atoms with Crippen molar-refractivity contribution < 1.29 is 4.79 Å². The molecule has 4 aromatic rings. The lowest BCUT2D eigenvalue weighted by molar-refractivity contribution is 0.0696. The molecule has 44 heavy (non-hydrogen) atoms. The number of rotatable bonds is 7. The Morgan fingerprint density at radius 3 is 2.43 bits per heavy atom. The largest absolute Gasteiger partial charge is 0.378 e. The molecule has 1 amide bonds. The number of allylic oxidation sites excluding steroid dienone is 1. The van der Waals surface area contributed by atoms with Gasteiger partial charge in [0, 0.05) is 60.9 Å².